The van der Waals surface area contributed by atoms with Crippen LogP contribution in [0.2, 0.25) is 0 Å². The number of fused-ring (bicyclic) bond motifs is 1. The fourth-order valence-corrected chi connectivity index (χ4v) is 3.93. The number of aromatic nitrogens is 2. The molecule has 0 bridgehead atoms. The van der Waals surface area contributed by atoms with Crippen LogP contribution in [0.5, 0.6) is 5.75 Å². The largest absolute Gasteiger partial charge is 0.492 e. The highest BCUT2D eigenvalue weighted by atomic mass is 32.2. The molecular formula is C16H19N3O4S. The molecule has 0 fully saturated rings. The second-order valence-corrected chi connectivity index (χ2v) is 8.22. The highest BCUT2D eigenvalue weighted by Gasteiger charge is 2.33. The van der Waals surface area contributed by atoms with Crippen LogP contribution in [-0.4, -0.2) is 30.7 Å². The van der Waals surface area contributed by atoms with E-state index in [2.05, 4.69) is 9.82 Å². The SMILES string of the molecule is Cc1nn(C)cc1S(=O)(=O)NC(=O)c1ccc2c(c1)C(C)(C)CO2. The van der Waals surface area contributed by atoms with Crippen LogP contribution in [-0.2, 0) is 22.5 Å². The summed E-state index contributed by atoms with van der Waals surface area (Å²) < 4.78 is 33.9. The molecule has 0 aliphatic carbocycles. The van der Waals surface area contributed by atoms with Gasteiger partial charge in [-0.15, -0.1) is 0 Å². The molecule has 8 heteroatoms. The highest BCUT2D eigenvalue weighted by molar-refractivity contribution is 7.90. The summed E-state index contributed by atoms with van der Waals surface area (Å²) >= 11 is 0. The number of rotatable bonds is 3. The molecule has 0 radical (unpaired) electrons. The van der Waals surface area contributed by atoms with Crippen molar-refractivity contribution >= 4 is 15.9 Å². The fraction of sp³-hybridized carbons (Fsp3) is 0.375. The number of hydrogen-bond donors (Lipinski definition) is 1. The van der Waals surface area contributed by atoms with Crippen molar-refractivity contribution in [2.24, 2.45) is 7.05 Å². The van der Waals surface area contributed by atoms with Gasteiger partial charge in [0.2, 0.25) is 0 Å². The number of carbonyl (C=O) groups is 1. The molecule has 0 saturated carbocycles. The Bertz CT molecular complexity index is 929. The molecule has 24 heavy (non-hydrogen) atoms. The minimum Gasteiger partial charge on any atom is -0.492 e. The number of ether oxygens (including phenoxy) is 1. The second-order valence-electron chi connectivity index (χ2n) is 6.57. The van der Waals surface area contributed by atoms with Gasteiger partial charge in [-0.25, -0.2) is 13.1 Å². The quantitative estimate of drug-likeness (QED) is 0.907. The number of nitrogens with one attached hydrogen (secondary N) is 1. The summed E-state index contributed by atoms with van der Waals surface area (Å²) in [5, 5.41) is 3.99. The fourth-order valence-electron chi connectivity index (χ4n) is 2.74. The Labute approximate surface area is 140 Å². The van der Waals surface area contributed by atoms with Gasteiger partial charge in [-0.1, -0.05) is 13.8 Å². The summed E-state index contributed by atoms with van der Waals surface area (Å²) in [5.74, 6) is 0.0475. The van der Waals surface area contributed by atoms with E-state index in [1.165, 1.54) is 10.9 Å². The van der Waals surface area contributed by atoms with E-state index in [1.54, 1.807) is 32.2 Å². The van der Waals surface area contributed by atoms with E-state index >= 15 is 0 Å². The Kier molecular flexibility index (Phi) is 3.67. The number of nitrogens with zero attached hydrogens (tertiary/aromatic N) is 2. The molecule has 0 atom stereocenters. The number of aryl methyl sites for hydroxylation is 2. The second kappa shape index (κ2) is 5.34. The van der Waals surface area contributed by atoms with E-state index in [9.17, 15) is 13.2 Å². The molecule has 7 nitrogen and oxygen atoms in total. The van der Waals surface area contributed by atoms with Crippen molar-refractivity contribution in [1.29, 1.82) is 0 Å². The molecule has 1 aromatic heterocycles. The zero-order valence-corrected chi connectivity index (χ0v) is 14.8. The normalized spacial score (nSPS) is 15.7. The number of hydrogen-bond acceptors (Lipinski definition) is 5. The third-order valence-electron chi connectivity index (χ3n) is 4.04. The molecule has 1 aliphatic rings. The van der Waals surface area contributed by atoms with Gasteiger partial charge in [0.15, 0.2) is 0 Å². The van der Waals surface area contributed by atoms with Crippen LogP contribution in [0.15, 0.2) is 29.3 Å². The smallest absolute Gasteiger partial charge is 0.267 e. The average molecular weight is 349 g/mol. The molecule has 1 aromatic carbocycles. The summed E-state index contributed by atoms with van der Waals surface area (Å²) in [6.07, 6.45) is 1.37. The molecule has 1 amide bonds. The number of sulfonamides is 1. The lowest BCUT2D eigenvalue weighted by molar-refractivity contribution is 0.0981. The van der Waals surface area contributed by atoms with E-state index in [1.807, 2.05) is 13.8 Å². The first kappa shape index (κ1) is 16.5. The van der Waals surface area contributed by atoms with Gasteiger partial charge in [0.25, 0.3) is 15.9 Å². The van der Waals surface area contributed by atoms with E-state index in [-0.39, 0.29) is 15.9 Å². The molecular weight excluding hydrogens is 330 g/mol. The van der Waals surface area contributed by atoms with Crippen LogP contribution in [0.1, 0.15) is 35.5 Å². The Morgan fingerprint density at radius 3 is 2.71 bits per heavy atom. The Hall–Kier alpha value is -2.35. The maximum absolute atomic E-state index is 12.4. The standard InChI is InChI=1S/C16H19N3O4S/c1-10-14(8-19(4)17-10)24(21,22)18-15(20)11-5-6-13-12(7-11)16(2,3)9-23-13/h5-8H,9H2,1-4H3,(H,18,20). The topological polar surface area (TPSA) is 90.3 Å². The first-order valence-electron chi connectivity index (χ1n) is 7.45. The van der Waals surface area contributed by atoms with Gasteiger partial charge >= 0.3 is 0 Å². The van der Waals surface area contributed by atoms with Gasteiger partial charge in [-0.05, 0) is 25.1 Å². The van der Waals surface area contributed by atoms with E-state index < -0.39 is 15.9 Å². The van der Waals surface area contributed by atoms with E-state index in [0.717, 1.165) is 11.3 Å². The van der Waals surface area contributed by atoms with E-state index in [4.69, 9.17) is 4.74 Å². The van der Waals surface area contributed by atoms with Crippen molar-refractivity contribution in [2.45, 2.75) is 31.1 Å². The minimum absolute atomic E-state index is 0.0110. The van der Waals surface area contributed by atoms with Gasteiger partial charge in [-0.2, -0.15) is 5.10 Å². The van der Waals surface area contributed by atoms with Gasteiger partial charge in [0.1, 0.15) is 10.6 Å². The lowest BCUT2D eigenvalue weighted by Crippen LogP contribution is -2.31. The Morgan fingerprint density at radius 2 is 2.08 bits per heavy atom. The molecule has 1 aliphatic heterocycles. The zero-order valence-electron chi connectivity index (χ0n) is 14.0. The summed E-state index contributed by atoms with van der Waals surface area (Å²) in [4.78, 5) is 12.4. The van der Waals surface area contributed by atoms with Gasteiger partial charge in [0, 0.05) is 29.8 Å². The van der Waals surface area contributed by atoms with Crippen molar-refractivity contribution in [3.63, 3.8) is 0 Å². The summed E-state index contributed by atoms with van der Waals surface area (Å²) in [5.41, 5.74) is 1.29. The zero-order chi connectivity index (χ0) is 17.7. The number of amides is 1. The highest BCUT2D eigenvalue weighted by Crippen LogP contribution is 2.38. The molecule has 1 N–H and O–H groups in total. The molecule has 0 spiro atoms. The maximum Gasteiger partial charge on any atom is 0.267 e. The first-order chi connectivity index (χ1) is 11.1. The molecule has 2 heterocycles. The third kappa shape index (κ3) is 2.77. The van der Waals surface area contributed by atoms with Gasteiger partial charge in [0.05, 0.1) is 12.3 Å². The Balaban J connectivity index is 1.90. The monoisotopic (exact) mass is 349 g/mol. The van der Waals surface area contributed by atoms with Crippen molar-refractivity contribution in [3.8, 4) is 5.75 Å². The minimum atomic E-state index is -3.97. The van der Waals surface area contributed by atoms with Crippen LogP contribution in [0.3, 0.4) is 0 Å². The van der Waals surface area contributed by atoms with Gasteiger partial charge in [-0.3, -0.25) is 9.48 Å². The predicted molar refractivity (Wildman–Crippen MR) is 87.6 cm³/mol. The van der Waals surface area contributed by atoms with Gasteiger partial charge < -0.3 is 4.74 Å². The summed E-state index contributed by atoms with van der Waals surface area (Å²) in [6, 6.07) is 4.94. The molecule has 3 rings (SSSR count). The summed E-state index contributed by atoms with van der Waals surface area (Å²) in [6.45, 7) is 6.13. The van der Waals surface area contributed by atoms with Crippen molar-refractivity contribution in [1.82, 2.24) is 14.5 Å². The third-order valence-corrected chi connectivity index (χ3v) is 5.48. The number of carbonyl (C=O) groups excluding carboxylic acids is 1. The average Bonchev–Trinajstić information content (AvgIpc) is 2.98. The lowest BCUT2D eigenvalue weighted by Gasteiger charge is -2.15. The van der Waals surface area contributed by atoms with Crippen LogP contribution >= 0.6 is 0 Å². The predicted octanol–water partition coefficient (Wildman–Crippen LogP) is 1.52. The summed E-state index contributed by atoms with van der Waals surface area (Å²) in [7, 11) is -2.35. The maximum atomic E-state index is 12.4. The molecule has 0 saturated heterocycles. The molecule has 2 aromatic rings. The lowest BCUT2D eigenvalue weighted by atomic mass is 9.86. The van der Waals surface area contributed by atoms with Crippen LogP contribution in [0.25, 0.3) is 0 Å². The van der Waals surface area contributed by atoms with Crippen LogP contribution in [0, 0.1) is 6.92 Å². The van der Waals surface area contributed by atoms with E-state index in [0.29, 0.717) is 12.3 Å². The number of benzene rings is 1. The van der Waals surface area contributed by atoms with Crippen molar-refractivity contribution in [3.05, 3.63) is 41.2 Å². The van der Waals surface area contributed by atoms with Crippen LogP contribution < -0.4 is 9.46 Å². The van der Waals surface area contributed by atoms with Crippen molar-refractivity contribution in [2.75, 3.05) is 6.61 Å². The molecule has 128 valence electrons. The first-order valence-corrected chi connectivity index (χ1v) is 8.93. The molecule has 0 unspecified atom stereocenters. The van der Waals surface area contributed by atoms with Crippen LogP contribution in [0.4, 0.5) is 0 Å². The van der Waals surface area contributed by atoms with Crippen molar-refractivity contribution < 1.29 is 17.9 Å². The Morgan fingerprint density at radius 1 is 1.38 bits per heavy atom.